The van der Waals surface area contributed by atoms with Crippen LogP contribution in [0.15, 0.2) is 0 Å². The van der Waals surface area contributed by atoms with Crippen molar-refractivity contribution in [3.05, 3.63) is 0 Å². The van der Waals surface area contributed by atoms with Gasteiger partial charge in [-0.15, -0.1) is 10.2 Å². The highest BCUT2D eigenvalue weighted by Gasteiger charge is 2.06. The van der Waals surface area contributed by atoms with Gasteiger partial charge in [0, 0.05) is 0 Å². The summed E-state index contributed by atoms with van der Waals surface area (Å²) < 4.78 is 0. The van der Waals surface area contributed by atoms with Gasteiger partial charge in [0.2, 0.25) is 11.9 Å². The first-order chi connectivity index (χ1) is 6.16. The Morgan fingerprint density at radius 2 is 1.46 bits per heavy atom. The minimum absolute atomic E-state index is 0.0185. The minimum Gasteiger partial charge on any atom is -0.382 e. The van der Waals surface area contributed by atoms with E-state index in [1.54, 1.807) is 0 Å². The summed E-state index contributed by atoms with van der Waals surface area (Å²) in [5, 5.41) is 7.19. The average molecular weight is 178 g/mol. The smallest absolute Gasteiger partial charge is 0.242 e. The summed E-state index contributed by atoms with van der Waals surface area (Å²) in [7, 11) is 0. The number of rotatable bonds is 0. The predicted octanol–water partition coefficient (Wildman–Crippen LogP) is -1.44. The van der Waals surface area contributed by atoms with Gasteiger partial charge >= 0.3 is 0 Å². The Hall–Kier alpha value is -2.25. The number of nitrogen functional groups attached to an aromatic ring is 3. The first-order valence-corrected chi connectivity index (χ1v) is 3.35. The fraction of sp³-hybridized carbons (Fsp3) is 0. The third kappa shape index (κ3) is 1.13. The van der Waals surface area contributed by atoms with Crippen LogP contribution < -0.4 is 17.2 Å². The predicted molar refractivity (Wildman–Crippen MR) is 46.2 cm³/mol. The summed E-state index contributed by atoms with van der Waals surface area (Å²) in [5.41, 5.74) is 16.7. The van der Waals surface area contributed by atoms with Crippen LogP contribution in [0.3, 0.4) is 0 Å². The Morgan fingerprint density at radius 1 is 0.769 bits per heavy atom. The van der Waals surface area contributed by atoms with Crippen LogP contribution in [-0.2, 0) is 0 Å². The number of hydrogen-bond donors (Lipinski definition) is 3. The van der Waals surface area contributed by atoms with Gasteiger partial charge in [-0.1, -0.05) is 0 Å². The van der Waals surface area contributed by atoms with Crippen LogP contribution in [0.4, 0.5) is 17.7 Å². The molecule has 0 fully saturated rings. The van der Waals surface area contributed by atoms with E-state index in [9.17, 15) is 0 Å². The quantitative estimate of drug-likeness (QED) is 0.445. The van der Waals surface area contributed by atoms with E-state index in [2.05, 4.69) is 25.1 Å². The summed E-state index contributed by atoms with van der Waals surface area (Å²) in [6, 6.07) is 0. The van der Waals surface area contributed by atoms with Crippen molar-refractivity contribution in [3.8, 4) is 0 Å². The van der Waals surface area contributed by atoms with Gasteiger partial charge in [0.1, 0.15) is 0 Å². The molecule has 6 N–H and O–H groups in total. The molecule has 0 aromatic carbocycles. The van der Waals surface area contributed by atoms with Crippen molar-refractivity contribution in [1.29, 1.82) is 0 Å². The molecule has 2 aromatic heterocycles. The third-order valence-electron chi connectivity index (χ3n) is 1.38. The molecule has 0 atom stereocenters. The molecule has 8 nitrogen and oxygen atoms in total. The molecule has 0 aliphatic rings. The van der Waals surface area contributed by atoms with Crippen LogP contribution in [-0.4, -0.2) is 25.1 Å². The normalized spacial score (nSPS) is 10.5. The van der Waals surface area contributed by atoms with Crippen molar-refractivity contribution in [2.75, 3.05) is 17.2 Å². The fourth-order valence-electron chi connectivity index (χ4n) is 0.883. The number of nitrogens with two attached hydrogens (primary N) is 3. The lowest BCUT2D eigenvalue weighted by Gasteiger charge is -1.99. The maximum atomic E-state index is 5.49. The lowest BCUT2D eigenvalue weighted by molar-refractivity contribution is 1.02. The van der Waals surface area contributed by atoms with Crippen LogP contribution in [0.25, 0.3) is 11.2 Å². The van der Waals surface area contributed by atoms with Gasteiger partial charge in [-0.25, -0.2) is 0 Å². The molecular weight excluding hydrogens is 172 g/mol. The second-order valence-electron chi connectivity index (χ2n) is 2.31. The van der Waals surface area contributed by atoms with Gasteiger partial charge < -0.3 is 17.2 Å². The highest BCUT2D eigenvalue weighted by Crippen LogP contribution is 2.12. The van der Waals surface area contributed by atoms with Crippen LogP contribution >= 0.6 is 0 Å². The van der Waals surface area contributed by atoms with Crippen molar-refractivity contribution in [1.82, 2.24) is 25.1 Å². The van der Waals surface area contributed by atoms with Gasteiger partial charge in [0.25, 0.3) is 0 Å². The highest BCUT2D eigenvalue weighted by atomic mass is 15.2. The van der Waals surface area contributed by atoms with Gasteiger partial charge in [0.05, 0.1) is 0 Å². The molecule has 0 amide bonds. The molecule has 2 heterocycles. The van der Waals surface area contributed by atoms with E-state index in [4.69, 9.17) is 17.2 Å². The Kier molecular flexibility index (Phi) is 1.35. The molecule has 66 valence electrons. The van der Waals surface area contributed by atoms with Crippen LogP contribution in [0.5, 0.6) is 0 Å². The minimum atomic E-state index is 0.0185. The monoisotopic (exact) mass is 178 g/mol. The number of aromatic nitrogens is 5. The maximum Gasteiger partial charge on any atom is 0.242 e. The van der Waals surface area contributed by atoms with Gasteiger partial charge in [-0.2, -0.15) is 15.0 Å². The molecule has 0 saturated heterocycles. The zero-order valence-corrected chi connectivity index (χ0v) is 6.47. The SMILES string of the molecule is Nc1nnc2c(N)nc(N)nc2n1. The van der Waals surface area contributed by atoms with E-state index in [1.165, 1.54) is 0 Å². The third-order valence-corrected chi connectivity index (χ3v) is 1.38. The molecule has 0 aliphatic carbocycles. The van der Waals surface area contributed by atoms with Gasteiger partial charge in [-0.05, 0) is 0 Å². The molecule has 2 aromatic rings. The maximum absolute atomic E-state index is 5.49. The van der Waals surface area contributed by atoms with E-state index >= 15 is 0 Å². The molecule has 0 saturated carbocycles. The second-order valence-corrected chi connectivity index (χ2v) is 2.31. The summed E-state index contributed by atoms with van der Waals surface area (Å²) in [6.45, 7) is 0. The molecular formula is C5H6N8. The lowest BCUT2D eigenvalue weighted by atomic mass is 10.5. The topological polar surface area (TPSA) is 143 Å². The molecule has 0 spiro atoms. The summed E-state index contributed by atoms with van der Waals surface area (Å²) in [4.78, 5) is 11.3. The van der Waals surface area contributed by atoms with Crippen molar-refractivity contribution in [2.24, 2.45) is 0 Å². The van der Waals surface area contributed by atoms with E-state index in [0.29, 0.717) is 5.52 Å². The fourth-order valence-corrected chi connectivity index (χ4v) is 0.883. The van der Waals surface area contributed by atoms with E-state index in [1.807, 2.05) is 0 Å². The van der Waals surface area contributed by atoms with E-state index < -0.39 is 0 Å². The number of nitrogens with zero attached hydrogens (tertiary/aromatic N) is 5. The van der Waals surface area contributed by atoms with Crippen molar-refractivity contribution >= 4 is 28.9 Å². The Morgan fingerprint density at radius 3 is 2.23 bits per heavy atom. The van der Waals surface area contributed by atoms with Crippen LogP contribution in [0.2, 0.25) is 0 Å². The average Bonchev–Trinajstić information content (AvgIpc) is 2.02. The second kappa shape index (κ2) is 2.37. The standard InChI is InChI=1S/C5H6N8/c6-2-1-3(10-4(7)9-2)11-5(8)13-12-1/h(H6,6,7,8,9,10,11,13). The molecule has 0 aliphatic heterocycles. The van der Waals surface area contributed by atoms with E-state index in [0.717, 1.165) is 0 Å². The molecule has 0 bridgehead atoms. The van der Waals surface area contributed by atoms with Crippen molar-refractivity contribution in [3.63, 3.8) is 0 Å². The zero-order chi connectivity index (χ0) is 9.42. The Bertz CT molecular complexity index is 460. The largest absolute Gasteiger partial charge is 0.382 e. The zero-order valence-electron chi connectivity index (χ0n) is 6.47. The first-order valence-electron chi connectivity index (χ1n) is 3.35. The number of hydrogen-bond acceptors (Lipinski definition) is 8. The molecule has 0 unspecified atom stereocenters. The van der Waals surface area contributed by atoms with Gasteiger partial charge in [-0.3, -0.25) is 0 Å². The first kappa shape index (κ1) is 7.40. The van der Waals surface area contributed by atoms with Crippen LogP contribution in [0.1, 0.15) is 0 Å². The van der Waals surface area contributed by atoms with E-state index in [-0.39, 0.29) is 23.4 Å². The Labute approximate surface area is 72.2 Å². The molecule has 8 heteroatoms. The van der Waals surface area contributed by atoms with Gasteiger partial charge in [0.15, 0.2) is 17.0 Å². The summed E-state index contributed by atoms with van der Waals surface area (Å²) >= 11 is 0. The van der Waals surface area contributed by atoms with Crippen molar-refractivity contribution < 1.29 is 0 Å². The summed E-state index contributed by atoms with van der Waals surface area (Å²) in [5.74, 6) is 0.192. The van der Waals surface area contributed by atoms with Crippen LogP contribution in [0, 0.1) is 0 Å². The summed E-state index contributed by atoms with van der Waals surface area (Å²) in [6.07, 6.45) is 0. The molecule has 0 radical (unpaired) electrons. The number of fused-ring (bicyclic) bond motifs is 1. The molecule has 13 heavy (non-hydrogen) atoms. The Balaban J connectivity index is 2.86. The number of anilines is 3. The van der Waals surface area contributed by atoms with Crippen molar-refractivity contribution in [2.45, 2.75) is 0 Å². The lowest BCUT2D eigenvalue weighted by Crippen LogP contribution is -2.05. The molecule has 2 rings (SSSR count). The highest BCUT2D eigenvalue weighted by molar-refractivity contribution is 5.81.